The van der Waals surface area contributed by atoms with Crippen LogP contribution in [-0.2, 0) is 16.1 Å². The fourth-order valence-electron chi connectivity index (χ4n) is 4.63. The van der Waals surface area contributed by atoms with Gasteiger partial charge in [-0.25, -0.2) is 13.2 Å². The van der Waals surface area contributed by atoms with Crippen LogP contribution >= 0.6 is 0 Å². The van der Waals surface area contributed by atoms with Crippen molar-refractivity contribution in [1.82, 2.24) is 24.9 Å². The van der Waals surface area contributed by atoms with Crippen molar-refractivity contribution in [2.24, 2.45) is 5.41 Å². The number of halogens is 3. The van der Waals surface area contributed by atoms with Gasteiger partial charge >= 0.3 is 0 Å². The zero-order chi connectivity index (χ0) is 29.7. The Bertz CT molecular complexity index is 1730. The average Bonchev–Trinajstić information content (AvgIpc) is 3.13. The van der Waals surface area contributed by atoms with Gasteiger partial charge in [0.1, 0.15) is 22.9 Å². The summed E-state index contributed by atoms with van der Waals surface area (Å²) in [4.78, 5) is 19.3. The molecule has 0 aliphatic carbocycles. The van der Waals surface area contributed by atoms with E-state index in [9.17, 15) is 13.6 Å². The van der Waals surface area contributed by atoms with E-state index in [1.165, 1.54) is 19.9 Å². The lowest BCUT2D eigenvalue weighted by atomic mass is 9.84. The third kappa shape index (κ3) is 5.08. The van der Waals surface area contributed by atoms with E-state index >= 15 is 4.39 Å². The molecule has 1 amide bonds. The number of hydrogen-bond acceptors (Lipinski definition) is 6. The molecule has 11 heteroatoms. The summed E-state index contributed by atoms with van der Waals surface area (Å²) >= 11 is 0. The van der Waals surface area contributed by atoms with Crippen molar-refractivity contribution >= 4 is 34.1 Å². The van der Waals surface area contributed by atoms with Gasteiger partial charge in [-0.2, -0.15) is 4.98 Å². The zero-order valence-electron chi connectivity index (χ0n) is 23.8. The second kappa shape index (κ2) is 10.0. The monoisotopic (exact) mass is 564 g/mol. The highest BCUT2D eigenvalue weighted by atomic mass is 19.3. The molecule has 0 radical (unpaired) electrons. The summed E-state index contributed by atoms with van der Waals surface area (Å²) in [5.74, 6) is 3.00. The normalized spacial score (nSPS) is 14.4. The van der Waals surface area contributed by atoms with Crippen molar-refractivity contribution in [2.75, 3.05) is 18.1 Å². The van der Waals surface area contributed by atoms with Gasteiger partial charge in [0, 0.05) is 30.3 Å². The van der Waals surface area contributed by atoms with Crippen LogP contribution in [0.15, 0.2) is 36.4 Å². The SMILES string of the molecule is Cc1nnc2nc(N3CCOCc4c(C#CC(C)(C)NC(=O)C(C)(C)C(C)(F)F)cccc43)c3c(F)cccc3n12. The molecule has 5 rings (SSSR count). The maximum absolute atomic E-state index is 15.4. The number of nitrogens with one attached hydrogen (secondary N) is 1. The van der Waals surface area contributed by atoms with Crippen LogP contribution in [0.1, 0.15) is 51.6 Å². The van der Waals surface area contributed by atoms with E-state index in [0.29, 0.717) is 47.0 Å². The van der Waals surface area contributed by atoms with E-state index < -0.39 is 28.6 Å². The third-order valence-corrected chi connectivity index (χ3v) is 7.47. The minimum Gasteiger partial charge on any atom is -0.375 e. The number of ether oxygens (including phenoxy) is 1. The van der Waals surface area contributed by atoms with E-state index in [4.69, 9.17) is 9.72 Å². The summed E-state index contributed by atoms with van der Waals surface area (Å²) in [5, 5.41) is 11.3. The first-order valence-electron chi connectivity index (χ1n) is 13.2. The number of carbonyl (C=O) groups excluding carboxylic acids is 1. The predicted octanol–water partition coefficient (Wildman–Crippen LogP) is 5.32. The van der Waals surface area contributed by atoms with E-state index in [1.54, 1.807) is 37.3 Å². The Morgan fingerprint density at radius 2 is 1.80 bits per heavy atom. The Kier molecular flexibility index (Phi) is 6.94. The van der Waals surface area contributed by atoms with Gasteiger partial charge in [0.05, 0.1) is 29.7 Å². The Labute approximate surface area is 235 Å². The molecule has 0 unspecified atom stereocenters. The van der Waals surface area contributed by atoms with Crippen LogP contribution in [0, 0.1) is 30.0 Å². The highest BCUT2D eigenvalue weighted by Gasteiger charge is 2.49. The zero-order valence-corrected chi connectivity index (χ0v) is 23.8. The number of fused-ring (bicyclic) bond motifs is 4. The standard InChI is InChI=1S/C30H31F3N6O2/c1-18-36-37-27-34-25(24-21(31)10-8-12-23(24)39(18)27)38-15-16-41-17-20-19(9-7-11-22(20)38)13-14-28(2,3)35-26(40)29(4,5)30(6,32)33/h7-12H,15-17H2,1-6H3,(H,35,40). The Balaban J connectivity index is 1.58. The number of carbonyl (C=O) groups is 1. The highest BCUT2D eigenvalue weighted by molar-refractivity contribution is 5.94. The number of aryl methyl sites for hydroxylation is 1. The van der Waals surface area contributed by atoms with Crippen LogP contribution in [0.5, 0.6) is 0 Å². The minimum absolute atomic E-state index is 0.241. The molecule has 214 valence electrons. The van der Waals surface area contributed by atoms with Crippen LogP contribution in [0.4, 0.5) is 24.7 Å². The maximum atomic E-state index is 15.4. The lowest BCUT2D eigenvalue weighted by Crippen LogP contribution is -2.53. The topological polar surface area (TPSA) is 84.7 Å². The molecule has 2 aromatic heterocycles. The molecule has 4 aromatic rings. The van der Waals surface area contributed by atoms with Crippen LogP contribution < -0.4 is 10.2 Å². The number of benzene rings is 2. The van der Waals surface area contributed by atoms with E-state index in [2.05, 4.69) is 27.4 Å². The van der Waals surface area contributed by atoms with Crippen molar-refractivity contribution < 1.29 is 22.7 Å². The van der Waals surface area contributed by atoms with Crippen molar-refractivity contribution in [1.29, 1.82) is 0 Å². The number of anilines is 2. The van der Waals surface area contributed by atoms with Crippen LogP contribution in [0.25, 0.3) is 16.7 Å². The van der Waals surface area contributed by atoms with Gasteiger partial charge in [0.2, 0.25) is 5.91 Å². The van der Waals surface area contributed by atoms with Gasteiger partial charge in [0.15, 0.2) is 0 Å². The first-order chi connectivity index (χ1) is 19.2. The Hall–Kier alpha value is -4.17. The maximum Gasteiger partial charge on any atom is 0.259 e. The molecular weight excluding hydrogens is 533 g/mol. The third-order valence-electron chi connectivity index (χ3n) is 7.47. The number of nitrogens with zero attached hydrogens (tertiary/aromatic N) is 5. The second-order valence-electron chi connectivity index (χ2n) is 11.3. The van der Waals surface area contributed by atoms with E-state index in [-0.39, 0.29) is 6.61 Å². The fraction of sp³-hybridized carbons (Fsp3) is 0.400. The molecule has 0 saturated carbocycles. The lowest BCUT2D eigenvalue weighted by Gasteiger charge is -2.33. The van der Waals surface area contributed by atoms with Crippen LogP contribution in [-0.4, -0.2) is 50.1 Å². The lowest BCUT2D eigenvalue weighted by molar-refractivity contribution is -0.152. The average molecular weight is 565 g/mol. The summed E-state index contributed by atoms with van der Waals surface area (Å²) in [6, 6.07) is 10.4. The van der Waals surface area contributed by atoms with Gasteiger partial charge in [-0.05, 0) is 58.9 Å². The van der Waals surface area contributed by atoms with Gasteiger partial charge in [0.25, 0.3) is 11.7 Å². The fourth-order valence-corrected chi connectivity index (χ4v) is 4.63. The van der Waals surface area contributed by atoms with Gasteiger partial charge in [-0.15, -0.1) is 10.2 Å². The van der Waals surface area contributed by atoms with Crippen molar-refractivity contribution in [2.45, 2.75) is 59.6 Å². The molecule has 2 aromatic carbocycles. The molecule has 1 aliphatic heterocycles. The quantitative estimate of drug-likeness (QED) is 0.338. The molecule has 0 spiro atoms. The first-order valence-corrected chi connectivity index (χ1v) is 13.2. The molecule has 8 nitrogen and oxygen atoms in total. The van der Waals surface area contributed by atoms with E-state index in [1.807, 2.05) is 23.1 Å². The summed E-state index contributed by atoms with van der Waals surface area (Å²) < 4.78 is 51.1. The highest BCUT2D eigenvalue weighted by Crippen LogP contribution is 2.38. The summed E-state index contributed by atoms with van der Waals surface area (Å²) in [6.45, 7) is 9.20. The molecule has 0 saturated heterocycles. The summed E-state index contributed by atoms with van der Waals surface area (Å²) in [5.41, 5.74) is -0.317. The number of alkyl halides is 2. The number of rotatable bonds is 4. The first kappa shape index (κ1) is 28.4. The second-order valence-corrected chi connectivity index (χ2v) is 11.3. The summed E-state index contributed by atoms with van der Waals surface area (Å²) in [7, 11) is 0. The Morgan fingerprint density at radius 3 is 2.54 bits per heavy atom. The number of aromatic nitrogens is 4. The minimum atomic E-state index is -3.22. The van der Waals surface area contributed by atoms with E-state index in [0.717, 1.165) is 18.2 Å². The van der Waals surface area contributed by atoms with Crippen molar-refractivity contribution in [3.63, 3.8) is 0 Å². The molecule has 41 heavy (non-hydrogen) atoms. The largest absolute Gasteiger partial charge is 0.375 e. The van der Waals surface area contributed by atoms with Gasteiger partial charge in [-0.3, -0.25) is 9.20 Å². The molecule has 1 N–H and O–H groups in total. The summed E-state index contributed by atoms with van der Waals surface area (Å²) in [6.07, 6.45) is 0. The number of hydrogen-bond donors (Lipinski definition) is 1. The van der Waals surface area contributed by atoms with Gasteiger partial charge in [-0.1, -0.05) is 24.0 Å². The van der Waals surface area contributed by atoms with Crippen LogP contribution in [0.2, 0.25) is 0 Å². The van der Waals surface area contributed by atoms with Crippen molar-refractivity contribution in [3.8, 4) is 11.8 Å². The van der Waals surface area contributed by atoms with Crippen LogP contribution in [0.3, 0.4) is 0 Å². The molecule has 3 heterocycles. The molecule has 0 fully saturated rings. The predicted molar refractivity (Wildman–Crippen MR) is 150 cm³/mol. The molecule has 0 bridgehead atoms. The molecule has 0 atom stereocenters. The van der Waals surface area contributed by atoms with Gasteiger partial charge < -0.3 is 15.0 Å². The number of amides is 1. The molecule has 1 aliphatic rings. The Morgan fingerprint density at radius 1 is 1.07 bits per heavy atom. The van der Waals surface area contributed by atoms with Crippen molar-refractivity contribution in [3.05, 3.63) is 59.2 Å². The smallest absolute Gasteiger partial charge is 0.259 e. The molecular formula is C30H31F3N6O2.